The van der Waals surface area contributed by atoms with Gasteiger partial charge in [0.05, 0.1) is 18.2 Å². The van der Waals surface area contributed by atoms with E-state index in [1.165, 1.54) is 18.5 Å². The van der Waals surface area contributed by atoms with E-state index in [1.807, 2.05) is 24.3 Å². The lowest BCUT2D eigenvalue weighted by molar-refractivity contribution is 0.0950. The number of halogens is 1. The molecule has 0 unspecified atom stereocenters. The van der Waals surface area contributed by atoms with Crippen molar-refractivity contribution in [3.05, 3.63) is 88.7 Å². The average molecular weight is 396 g/mol. The topological polar surface area (TPSA) is 80.3 Å². The molecule has 1 heterocycles. The molecule has 2 aromatic carbocycles. The summed E-state index contributed by atoms with van der Waals surface area (Å²) < 4.78 is 5.11. The first-order chi connectivity index (χ1) is 13.5. The van der Waals surface area contributed by atoms with E-state index in [2.05, 4.69) is 15.6 Å². The van der Waals surface area contributed by atoms with E-state index in [1.54, 1.807) is 31.4 Å². The highest BCUT2D eigenvalue weighted by atomic mass is 35.5. The fourth-order valence-electron chi connectivity index (χ4n) is 2.45. The highest BCUT2D eigenvalue weighted by Crippen LogP contribution is 2.15. The van der Waals surface area contributed by atoms with Gasteiger partial charge in [-0.15, -0.1) is 0 Å². The van der Waals surface area contributed by atoms with Crippen molar-refractivity contribution >= 4 is 29.1 Å². The fourth-order valence-corrected chi connectivity index (χ4v) is 2.58. The number of carbonyl (C=O) groups excluding carboxylic acids is 2. The highest BCUT2D eigenvalue weighted by molar-refractivity contribution is 6.30. The van der Waals surface area contributed by atoms with Crippen LogP contribution >= 0.6 is 11.6 Å². The number of benzene rings is 2. The maximum Gasteiger partial charge on any atom is 0.257 e. The normalized spacial score (nSPS) is 10.2. The van der Waals surface area contributed by atoms with E-state index in [-0.39, 0.29) is 17.4 Å². The van der Waals surface area contributed by atoms with Crippen molar-refractivity contribution in [2.45, 2.75) is 6.54 Å². The van der Waals surface area contributed by atoms with Gasteiger partial charge in [-0.05, 0) is 48.0 Å². The van der Waals surface area contributed by atoms with Crippen LogP contribution in [-0.4, -0.2) is 23.9 Å². The van der Waals surface area contributed by atoms with E-state index in [9.17, 15) is 9.59 Å². The van der Waals surface area contributed by atoms with Gasteiger partial charge in [-0.1, -0.05) is 23.7 Å². The zero-order valence-corrected chi connectivity index (χ0v) is 15.9. The number of methoxy groups -OCH3 is 1. The summed E-state index contributed by atoms with van der Waals surface area (Å²) in [6, 6.07) is 15.6. The van der Waals surface area contributed by atoms with Gasteiger partial charge in [0.2, 0.25) is 0 Å². The Morgan fingerprint density at radius 2 is 1.61 bits per heavy atom. The number of nitrogens with one attached hydrogen (secondary N) is 2. The standard InChI is InChI=1S/C21H18ClN3O3/c1-28-19-8-2-14(3-9-19)11-24-20(26)15-10-16(13-23-12-15)21(27)25-18-6-4-17(22)5-7-18/h2-10,12-13H,11H2,1H3,(H,24,26)(H,25,27). The molecule has 0 radical (unpaired) electrons. The minimum absolute atomic E-state index is 0.284. The van der Waals surface area contributed by atoms with Gasteiger partial charge in [-0.2, -0.15) is 0 Å². The van der Waals surface area contributed by atoms with Crippen LogP contribution in [-0.2, 0) is 6.54 Å². The van der Waals surface area contributed by atoms with Crippen LogP contribution < -0.4 is 15.4 Å². The monoisotopic (exact) mass is 395 g/mol. The van der Waals surface area contributed by atoms with E-state index < -0.39 is 0 Å². The molecule has 6 nitrogen and oxygen atoms in total. The van der Waals surface area contributed by atoms with Gasteiger partial charge >= 0.3 is 0 Å². The Bertz CT molecular complexity index is 973. The maximum atomic E-state index is 12.4. The van der Waals surface area contributed by atoms with E-state index in [0.717, 1.165) is 11.3 Å². The number of ether oxygens (including phenoxy) is 1. The van der Waals surface area contributed by atoms with Gasteiger partial charge in [0.25, 0.3) is 11.8 Å². The molecular formula is C21H18ClN3O3. The minimum Gasteiger partial charge on any atom is -0.497 e. The molecule has 0 atom stereocenters. The molecule has 2 N–H and O–H groups in total. The average Bonchev–Trinajstić information content (AvgIpc) is 2.74. The van der Waals surface area contributed by atoms with Crippen LogP contribution in [0.25, 0.3) is 0 Å². The van der Waals surface area contributed by atoms with Crippen molar-refractivity contribution < 1.29 is 14.3 Å². The van der Waals surface area contributed by atoms with Crippen molar-refractivity contribution in [2.24, 2.45) is 0 Å². The smallest absolute Gasteiger partial charge is 0.257 e. The molecule has 1 aromatic heterocycles. The van der Waals surface area contributed by atoms with Gasteiger partial charge in [0, 0.05) is 29.6 Å². The third-order valence-corrected chi connectivity index (χ3v) is 4.23. The molecule has 28 heavy (non-hydrogen) atoms. The summed E-state index contributed by atoms with van der Waals surface area (Å²) in [4.78, 5) is 28.8. The molecule has 7 heteroatoms. The summed E-state index contributed by atoms with van der Waals surface area (Å²) in [7, 11) is 1.60. The quantitative estimate of drug-likeness (QED) is 0.662. The maximum absolute atomic E-state index is 12.4. The fraction of sp³-hybridized carbons (Fsp3) is 0.0952. The summed E-state index contributed by atoms with van der Waals surface area (Å²) in [5, 5.41) is 6.13. The second-order valence-corrected chi connectivity index (χ2v) is 6.39. The number of carbonyl (C=O) groups is 2. The Kier molecular flexibility index (Phi) is 6.24. The highest BCUT2D eigenvalue weighted by Gasteiger charge is 2.12. The first kappa shape index (κ1) is 19.4. The van der Waals surface area contributed by atoms with Crippen LogP contribution in [0.1, 0.15) is 26.3 Å². The van der Waals surface area contributed by atoms with Crippen LogP contribution in [0.2, 0.25) is 5.02 Å². The molecule has 142 valence electrons. The number of pyridine rings is 1. The van der Waals surface area contributed by atoms with Crippen molar-refractivity contribution in [3.63, 3.8) is 0 Å². The van der Waals surface area contributed by atoms with Gasteiger partial charge < -0.3 is 15.4 Å². The predicted octanol–water partition coefficient (Wildman–Crippen LogP) is 3.93. The Labute approximate surface area is 167 Å². The summed E-state index contributed by atoms with van der Waals surface area (Å²) in [5.41, 5.74) is 2.12. The van der Waals surface area contributed by atoms with Crippen LogP contribution in [0.15, 0.2) is 67.0 Å². The van der Waals surface area contributed by atoms with Gasteiger partial charge in [0.1, 0.15) is 5.75 Å². The Hall–Kier alpha value is -3.38. The number of anilines is 1. The number of nitrogens with zero attached hydrogens (tertiary/aromatic N) is 1. The van der Waals surface area contributed by atoms with Crippen molar-refractivity contribution in [2.75, 3.05) is 12.4 Å². The van der Waals surface area contributed by atoms with E-state index >= 15 is 0 Å². The van der Waals surface area contributed by atoms with Crippen molar-refractivity contribution in [3.8, 4) is 5.75 Å². The zero-order valence-electron chi connectivity index (χ0n) is 15.1. The lowest BCUT2D eigenvalue weighted by Gasteiger charge is -2.08. The van der Waals surface area contributed by atoms with Gasteiger partial charge in [-0.25, -0.2) is 0 Å². The van der Waals surface area contributed by atoms with E-state index in [4.69, 9.17) is 16.3 Å². The van der Waals surface area contributed by atoms with Crippen molar-refractivity contribution in [1.82, 2.24) is 10.3 Å². The second-order valence-electron chi connectivity index (χ2n) is 5.95. The largest absolute Gasteiger partial charge is 0.497 e. The van der Waals surface area contributed by atoms with Crippen LogP contribution in [0, 0.1) is 0 Å². The zero-order chi connectivity index (χ0) is 19.9. The predicted molar refractivity (Wildman–Crippen MR) is 108 cm³/mol. The minimum atomic E-state index is -0.361. The van der Waals surface area contributed by atoms with Crippen LogP contribution in [0.4, 0.5) is 5.69 Å². The lowest BCUT2D eigenvalue weighted by atomic mass is 10.1. The van der Waals surface area contributed by atoms with Crippen LogP contribution in [0.3, 0.4) is 0 Å². The van der Waals surface area contributed by atoms with Gasteiger partial charge in [-0.3, -0.25) is 14.6 Å². The molecule has 0 aliphatic rings. The molecule has 0 bridgehead atoms. The van der Waals surface area contributed by atoms with Gasteiger partial charge in [0.15, 0.2) is 0 Å². The second kappa shape index (κ2) is 9.01. The molecule has 2 amide bonds. The molecule has 0 fully saturated rings. The summed E-state index contributed by atoms with van der Waals surface area (Å²) in [6.07, 6.45) is 2.83. The Balaban J connectivity index is 1.63. The SMILES string of the molecule is COc1ccc(CNC(=O)c2cncc(C(=O)Nc3ccc(Cl)cc3)c2)cc1. The van der Waals surface area contributed by atoms with E-state index in [0.29, 0.717) is 22.8 Å². The first-order valence-corrected chi connectivity index (χ1v) is 8.86. The molecule has 3 aromatic rings. The third-order valence-electron chi connectivity index (χ3n) is 3.98. The van der Waals surface area contributed by atoms with Crippen LogP contribution in [0.5, 0.6) is 5.75 Å². The first-order valence-electron chi connectivity index (χ1n) is 8.48. The molecule has 0 saturated heterocycles. The number of hydrogen-bond acceptors (Lipinski definition) is 4. The summed E-state index contributed by atoms with van der Waals surface area (Å²) in [5.74, 6) is 0.0720. The number of hydrogen-bond donors (Lipinski definition) is 2. The molecule has 3 rings (SSSR count). The molecule has 0 aliphatic carbocycles. The number of aromatic nitrogens is 1. The molecular weight excluding hydrogens is 378 g/mol. The summed E-state index contributed by atoms with van der Waals surface area (Å²) >= 11 is 5.84. The Morgan fingerprint density at radius 1 is 0.964 bits per heavy atom. The molecule has 0 aliphatic heterocycles. The Morgan fingerprint density at radius 3 is 2.25 bits per heavy atom. The third kappa shape index (κ3) is 5.08. The number of amides is 2. The lowest BCUT2D eigenvalue weighted by Crippen LogP contribution is -2.23. The van der Waals surface area contributed by atoms with Crippen molar-refractivity contribution in [1.29, 1.82) is 0 Å². The summed E-state index contributed by atoms with van der Waals surface area (Å²) in [6.45, 7) is 0.351. The molecule has 0 saturated carbocycles. The number of rotatable bonds is 6. The molecule has 0 spiro atoms.